The highest BCUT2D eigenvalue weighted by molar-refractivity contribution is 6.11. The van der Waals surface area contributed by atoms with Crippen LogP contribution in [0.3, 0.4) is 0 Å². The fraction of sp³-hybridized carbons (Fsp3) is 0.286. The summed E-state index contributed by atoms with van der Waals surface area (Å²) < 4.78 is 0. The van der Waals surface area contributed by atoms with E-state index in [0.29, 0.717) is 24.0 Å². The fourth-order valence-electron chi connectivity index (χ4n) is 2.68. The van der Waals surface area contributed by atoms with Gasteiger partial charge < -0.3 is 15.5 Å². The minimum Gasteiger partial charge on any atom is -0.505 e. The predicted octanol–water partition coefficient (Wildman–Crippen LogP) is 3.89. The molecule has 6 heteroatoms. The van der Waals surface area contributed by atoms with E-state index in [4.69, 9.17) is 5.11 Å². The molecule has 142 valence electrons. The zero-order valence-corrected chi connectivity index (χ0v) is 15.4. The lowest BCUT2D eigenvalue weighted by Crippen LogP contribution is -2.17. The molecule has 1 amide bonds. The van der Waals surface area contributed by atoms with Gasteiger partial charge in [0.25, 0.3) is 5.91 Å². The second-order valence-corrected chi connectivity index (χ2v) is 6.58. The molecule has 0 aromatic heterocycles. The molecule has 0 heterocycles. The van der Waals surface area contributed by atoms with Gasteiger partial charge in [-0.05, 0) is 36.6 Å². The van der Waals surface area contributed by atoms with Crippen molar-refractivity contribution in [1.29, 1.82) is 0 Å². The van der Waals surface area contributed by atoms with Gasteiger partial charge in [-0.25, -0.2) is 0 Å². The van der Waals surface area contributed by atoms with Crippen LogP contribution in [0.5, 0.6) is 5.75 Å². The average Bonchev–Trinajstić information content (AvgIpc) is 2.64. The molecule has 0 aliphatic rings. The number of amides is 1. The third-order valence-corrected chi connectivity index (χ3v) is 4.16. The molecule has 0 fully saturated rings. The number of carboxylic acid groups (broad SMARTS) is 1. The Kier molecular flexibility index (Phi) is 6.71. The molecule has 3 N–H and O–H groups in total. The molecular weight excluding hydrogens is 346 g/mol. The van der Waals surface area contributed by atoms with Crippen LogP contribution in [0.2, 0.25) is 0 Å². The fourth-order valence-corrected chi connectivity index (χ4v) is 2.68. The molecule has 0 spiro atoms. The predicted molar refractivity (Wildman–Crippen MR) is 102 cm³/mol. The Balaban J connectivity index is 2.38. The number of carbonyl (C=O) groups excluding carboxylic acids is 2. The maximum atomic E-state index is 12.5. The van der Waals surface area contributed by atoms with Crippen molar-refractivity contribution in [1.82, 2.24) is 0 Å². The summed E-state index contributed by atoms with van der Waals surface area (Å²) in [6.45, 7) is 3.48. The lowest BCUT2D eigenvalue weighted by atomic mass is 9.95. The molecule has 0 radical (unpaired) electrons. The van der Waals surface area contributed by atoms with E-state index in [1.165, 1.54) is 0 Å². The van der Waals surface area contributed by atoms with Gasteiger partial charge in [-0.15, -0.1) is 0 Å². The van der Waals surface area contributed by atoms with Crippen molar-refractivity contribution in [2.45, 2.75) is 33.1 Å². The maximum Gasteiger partial charge on any atom is 0.303 e. The highest BCUT2D eigenvalue weighted by Crippen LogP contribution is 2.34. The second kappa shape index (κ2) is 8.98. The Morgan fingerprint density at radius 3 is 2.30 bits per heavy atom. The number of aliphatic carboxylic acids is 1. The number of carbonyl (C=O) groups is 3. The SMILES string of the molecule is CC(C)C(=O)c1ccc(CCCC(=O)O)c(O)c1NC(=O)c1ccccc1. The minimum absolute atomic E-state index is 0.0299. The summed E-state index contributed by atoms with van der Waals surface area (Å²) in [4.78, 5) is 35.7. The van der Waals surface area contributed by atoms with Gasteiger partial charge in [-0.3, -0.25) is 14.4 Å². The number of ketones is 1. The molecule has 0 unspecified atom stereocenters. The van der Waals surface area contributed by atoms with Crippen molar-refractivity contribution in [3.8, 4) is 5.75 Å². The number of benzene rings is 2. The van der Waals surface area contributed by atoms with Gasteiger partial charge in [0, 0.05) is 23.5 Å². The van der Waals surface area contributed by atoms with E-state index in [1.807, 2.05) is 0 Å². The van der Waals surface area contributed by atoms with Gasteiger partial charge in [0.2, 0.25) is 0 Å². The van der Waals surface area contributed by atoms with E-state index in [9.17, 15) is 19.5 Å². The van der Waals surface area contributed by atoms with Gasteiger partial charge in [-0.1, -0.05) is 38.1 Å². The Bertz CT molecular complexity index is 843. The maximum absolute atomic E-state index is 12.5. The number of hydrogen-bond donors (Lipinski definition) is 3. The molecule has 0 aliphatic heterocycles. The summed E-state index contributed by atoms with van der Waals surface area (Å²) in [6, 6.07) is 11.7. The number of hydrogen-bond acceptors (Lipinski definition) is 4. The lowest BCUT2D eigenvalue weighted by Gasteiger charge is -2.16. The van der Waals surface area contributed by atoms with Crippen LogP contribution in [0.25, 0.3) is 0 Å². The topological polar surface area (TPSA) is 104 Å². The zero-order valence-electron chi connectivity index (χ0n) is 15.4. The molecule has 27 heavy (non-hydrogen) atoms. The van der Waals surface area contributed by atoms with Crippen LogP contribution in [0.15, 0.2) is 42.5 Å². The van der Waals surface area contributed by atoms with E-state index in [0.717, 1.165) is 0 Å². The summed E-state index contributed by atoms with van der Waals surface area (Å²) >= 11 is 0. The average molecular weight is 369 g/mol. The number of carboxylic acids is 1. The highest BCUT2D eigenvalue weighted by atomic mass is 16.4. The first kappa shape index (κ1) is 20.2. The second-order valence-electron chi connectivity index (χ2n) is 6.58. The first-order chi connectivity index (χ1) is 12.8. The monoisotopic (exact) mass is 369 g/mol. The molecule has 6 nitrogen and oxygen atoms in total. The van der Waals surface area contributed by atoms with E-state index in [-0.39, 0.29) is 35.1 Å². The summed E-state index contributed by atoms with van der Waals surface area (Å²) in [5.41, 5.74) is 1.18. The smallest absolute Gasteiger partial charge is 0.303 e. The summed E-state index contributed by atoms with van der Waals surface area (Å²) in [5.74, 6) is -2.07. The molecular formula is C21H23NO5. The molecule has 0 saturated heterocycles. The number of nitrogens with one attached hydrogen (secondary N) is 1. The normalized spacial score (nSPS) is 10.6. The van der Waals surface area contributed by atoms with Crippen molar-refractivity contribution in [2.24, 2.45) is 5.92 Å². The Labute approximate surface area is 157 Å². The van der Waals surface area contributed by atoms with Crippen LogP contribution in [-0.4, -0.2) is 27.9 Å². The van der Waals surface area contributed by atoms with Crippen molar-refractivity contribution < 1.29 is 24.6 Å². The largest absolute Gasteiger partial charge is 0.505 e. The van der Waals surface area contributed by atoms with E-state index < -0.39 is 11.9 Å². The van der Waals surface area contributed by atoms with E-state index >= 15 is 0 Å². The number of Topliss-reactive ketones (excluding diaryl/α,β-unsaturated/α-hetero) is 1. The van der Waals surface area contributed by atoms with Crippen molar-refractivity contribution in [3.63, 3.8) is 0 Å². The van der Waals surface area contributed by atoms with Crippen LogP contribution in [0, 0.1) is 5.92 Å². The van der Waals surface area contributed by atoms with Crippen LogP contribution in [0.4, 0.5) is 5.69 Å². The minimum atomic E-state index is -0.918. The third kappa shape index (κ3) is 5.17. The van der Waals surface area contributed by atoms with E-state index in [2.05, 4.69) is 5.32 Å². The van der Waals surface area contributed by atoms with Gasteiger partial charge in [0.15, 0.2) is 5.78 Å². The van der Waals surface area contributed by atoms with Gasteiger partial charge in [-0.2, -0.15) is 0 Å². The standard InChI is InChI=1S/C21H23NO5/c1-13(2)19(25)16-12-11-14(9-6-10-17(23)24)20(26)18(16)22-21(27)15-7-4-3-5-8-15/h3-5,7-8,11-13,26H,6,9-10H2,1-2H3,(H,22,27)(H,23,24). The molecule has 0 atom stereocenters. The van der Waals surface area contributed by atoms with E-state index in [1.54, 1.807) is 56.3 Å². The number of aromatic hydroxyl groups is 1. The summed E-state index contributed by atoms with van der Waals surface area (Å²) in [6.07, 6.45) is 0.632. The number of phenolic OH excluding ortho intramolecular Hbond substituents is 1. The number of aryl methyl sites for hydroxylation is 1. The Morgan fingerprint density at radius 2 is 1.70 bits per heavy atom. The molecule has 0 aliphatic carbocycles. The van der Waals surface area contributed by atoms with Gasteiger partial charge in [0.1, 0.15) is 5.75 Å². The molecule has 2 aromatic rings. The quantitative estimate of drug-likeness (QED) is 0.484. The van der Waals surface area contributed by atoms with Crippen molar-refractivity contribution in [3.05, 3.63) is 59.2 Å². The Hall–Kier alpha value is -3.15. The highest BCUT2D eigenvalue weighted by Gasteiger charge is 2.22. The number of phenols is 1. The first-order valence-electron chi connectivity index (χ1n) is 8.78. The van der Waals surface area contributed by atoms with Gasteiger partial charge in [0.05, 0.1) is 5.69 Å². The van der Waals surface area contributed by atoms with Crippen LogP contribution in [-0.2, 0) is 11.2 Å². The molecule has 0 saturated carbocycles. The van der Waals surface area contributed by atoms with Crippen LogP contribution in [0.1, 0.15) is 53.0 Å². The zero-order chi connectivity index (χ0) is 20.0. The van der Waals surface area contributed by atoms with Gasteiger partial charge >= 0.3 is 5.97 Å². The lowest BCUT2D eigenvalue weighted by molar-refractivity contribution is -0.137. The third-order valence-electron chi connectivity index (χ3n) is 4.16. The van der Waals surface area contributed by atoms with Crippen LogP contribution < -0.4 is 5.32 Å². The Morgan fingerprint density at radius 1 is 1.04 bits per heavy atom. The first-order valence-corrected chi connectivity index (χ1v) is 8.78. The number of anilines is 1. The molecule has 0 bridgehead atoms. The summed E-state index contributed by atoms with van der Waals surface area (Å²) in [5, 5.41) is 22.1. The van der Waals surface area contributed by atoms with Crippen molar-refractivity contribution in [2.75, 3.05) is 5.32 Å². The van der Waals surface area contributed by atoms with Crippen LogP contribution >= 0.6 is 0 Å². The summed E-state index contributed by atoms with van der Waals surface area (Å²) in [7, 11) is 0. The molecule has 2 rings (SSSR count). The number of rotatable bonds is 8. The molecule has 2 aromatic carbocycles. The van der Waals surface area contributed by atoms with Crippen molar-refractivity contribution >= 4 is 23.3 Å².